The number of benzene rings is 2. The zero-order chi connectivity index (χ0) is 27.5. The molecule has 0 bridgehead atoms. The molecule has 0 aromatic heterocycles. The summed E-state index contributed by atoms with van der Waals surface area (Å²) in [6, 6.07) is 18.9. The third-order valence-corrected chi connectivity index (χ3v) is 7.12. The van der Waals surface area contributed by atoms with Crippen LogP contribution in [0.3, 0.4) is 0 Å². The molecule has 0 fully saturated rings. The third kappa shape index (κ3) is 14.6. The van der Waals surface area contributed by atoms with Gasteiger partial charge in [0.15, 0.2) is 0 Å². The molecule has 4 nitrogen and oxygen atoms in total. The third-order valence-electron chi connectivity index (χ3n) is 7.12. The summed E-state index contributed by atoms with van der Waals surface area (Å²) in [5.74, 6) is 0.639. The largest absolute Gasteiger partial charge is 0.455 e. The van der Waals surface area contributed by atoms with Gasteiger partial charge in [-0.25, -0.2) is 0 Å². The van der Waals surface area contributed by atoms with E-state index in [4.69, 9.17) is 9.47 Å². The molecule has 2 rings (SSSR count). The Labute approximate surface area is 233 Å². The maximum absolute atomic E-state index is 12.6. The molecule has 0 aliphatic rings. The number of ether oxygens (including phenoxy) is 2. The molecule has 0 aliphatic carbocycles. The van der Waals surface area contributed by atoms with Gasteiger partial charge in [0.05, 0.1) is 20.6 Å². The van der Waals surface area contributed by atoms with Gasteiger partial charge in [0.2, 0.25) is 6.29 Å². The first-order valence-corrected chi connectivity index (χ1v) is 15.2. The van der Waals surface area contributed by atoms with Gasteiger partial charge in [0.25, 0.3) is 0 Å². The Morgan fingerprint density at radius 1 is 0.763 bits per heavy atom. The van der Waals surface area contributed by atoms with E-state index in [9.17, 15) is 4.79 Å². The number of carbonyl (C=O) groups is 1. The number of carbonyl (C=O) groups excluding carboxylic acids is 1. The van der Waals surface area contributed by atoms with Crippen LogP contribution in [-0.2, 0) is 22.5 Å². The van der Waals surface area contributed by atoms with Crippen LogP contribution in [0.4, 0.5) is 0 Å². The van der Waals surface area contributed by atoms with Crippen LogP contribution < -0.4 is 4.74 Å². The predicted molar refractivity (Wildman–Crippen MR) is 159 cm³/mol. The van der Waals surface area contributed by atoms with Crippen molar-refractivity contribution in [2.24, 2.45) is 0 Å². The topological polar surface area (TPSA) is 35.5 Å². The first-order valence-electron chi connectivity index (χ1n) is 15.2. The van der Waals surface area contributed by atoms with E-state index in [0.717, 1.165) is 49.0 Å². The van der Waals surface area contributed by atoms with E-state index >= 15 is 0 Å². The van der Waals surface area contributed by atoms with Gasteiger partial charge in [-0.2, -0.15) is 0 Å². The van der Waals surface area contributed by atoms with E-state index in [1.54, 1.807) is 0 Å². The maximum atomic E-state index is 12.6. The minimum atomic E-state index is -0.517. The molecule has 0 saturated carbocycles. The highest BCUT2D eigenvalue weighted by atomic mass is 16.7. The van der Waals surface area contributed by atoms with Gasteiger partial charge in [-0.05, 0) is 49.8 Å². The van der Waals surface area contributed by atoms with Crippen LogP contribution in [0.15, 0.2) is 54.6 Å². The highest BCUT2D eigenvalue weighted by molar-refractivity contribution is 5.69. The molecule has 0 heterocycles. The molecule has 0 spiro atoms. The van der Waals surface area contributed by atoms with Crippen LogP contribution in [-0.4, -0.2) is 37.4 Å². The lowest BCUT2D eigenvalue weighted by Crippen LogP contribution is -2.39. The van der Waals surface area contributed by atoms with E-state index in [0.29, 0.717) is 12.8 Å². The van der Waals surface area contributed by atoms with Gasteiger partial charge < -0.3 is 14.0 Å². The second kappa shape index (κ2) is 18.8. The molecular weight excluding hydrogens is 470 g/mol. The highest BCUT2D eigenvalue weighted by Gasteiger charge is 2.18. The lowest BCUT2D eigenvalue weighted by atomic mass is 10.0. The molecule has 2 aromatic rings. The number of aryl methyl sites for hydroxylation is 1. The summed E-state index contributed by atoms with van der Waals surface area (Å²) in [4.78, 5) is 12.6. The Kier molecular flexibility index (Phi) is 15.8. The molecule has 212 valence electrons. The van der Waals surface area contributed by atoms with Crippen LogP contribution >= 0.6 is 0 Å². The van der Waals surface area contributed by atoms with E-state index in [1.807, 2.05) is 6.07 Å². The average molecular weight is 525 g/mol. The number of rotatable bonds is 21. The average Bonchev–Trinajstić information content (AvgIpc) is 2.89. The Bertz CT molecular complexity index is 880. The van der Waals surface area contributed by atoms with Crippen molar-refractivity contribution >= 4 is 5.97 Å². The summed E-state index contributed by atoms with van der Waals surface area (Å²) in [7, 11) is 4.50. The first kappa shape index (κ1) is 31.9. The van der Waals surface area contributed by atoms with Crippen molar-refractivity contribution in [1.29, 1.82) is 0 Å². The normalized spacial score (nSPS) is 12.3. The SMILES string of the molecule is CCCCCCCCCCc1cccc(OC(CCC)OC(=O)CCCC[N+](C)(C)Cc2ccccc2)c1. The fourth-order valence-corrected chi connectivity index (χ4v) is 4.94. The number of esters is 1. The van der Waals surface area contributed by atoms with Gasteiger partial charge >= 0.3 is 5.97 Å². The summed E-state index contributed by atoms with van der Waals surface area (Å²) in [5, 5.41) is 0. The molecular formula is C34H54NO3+. The zero-order valence-electron chi connectivity index (χ0n) is 24.8. The molecule has 2 aromatic carbocycles. The molecule has 4 heteroatoms. The molecule has 38 heavy (non-hydrogen) atoms. The summed E-state index contributed by atoms with van der Waals surface area (Å²) in [6.45, 7) is 6.39. The fraction of sp³-hybridized carbons (Fsp3) is 0.618. The highest BCUT2D eigenvalue weighted by Crippen LogP contribution is 2.20. The number of nitrogens with zero attached hydrogens (tertiary/aromatic N) is 1. The van der Waals surface area contributed by atoms with Crippen LogP contribution in [0.5, 0.6) is 5.75 Å². The van der Waals surface area contributed by atoms with E-state index in [1.165, 1.54) is 62.5 Å². The van der Waals surface area contributed by atoms with E-state index in [-0.39, 0.29) is 5.97 Å². The monoisotopic (exact) mass is 524 g/mol. The van der Waals surface area contributed by atoms with Gasteiger partial charge in [-0.1, -0.05) is 101 Å². The van der Waals surface area contributed by atoms with Crippen LogP contribution in [0.1, 0.15) is 108 Å². The Morgan fingerprint density at radius 3 is 2.16 bits per heavy atom. The van der Waals surface area contributed by atoms with Gasteiger partial charge in [0.1, 0.15) is 12.3 Å². The number of unbranched alkanes of at least 4 members (excludes halogenated alkanes) is 8. The van der Waals surface area contributed by atoms with Crippen LogP contribution in [0.2, 0.25) is 0 Å². The smallest absolute Gasteiger partial charge is 0.308 e. The van der Waals surface area contributed by atoms with Gasteiger partial charge in [0, 0.05) is 18.4 Å². The zero-order valence-corrected chi connectivity index (χ0v) is 24.8. The van der Waals surface area contributed by atoms with Crippen molar-refractivity contribution in [2.45, 2.75) is 117 Å². The Morgan fingerprint density at radius 2 is 1.45 bits per heavy atom. The summed E-state index contributed by atoms with van der Waals surface area (Å²) < 4.78 is 12.8. The molecule has 0 radical (unpaired) electrons. The van der Waals surface area contributed by atoms with E-state index < -0.39 is 6.29 Å². The number of hydrogen-bond acceptors (Lipinski definition) is 3. The van der Waals surface area contributed by atoms with Crippen molar-refractivity contribution in [1.82, 2.24) is 0 Å². The second-order valence-corrected chi connectivity index (χ2v) is 11.5. The molecule has 0 saturated heterocycles. The second-order valence-electron chi connectivity index (χ2n) is 11.5. The first-order chi connectivity index (χ1) is 18.4. The van der Waals surface area contributed by atoms with Crippen LogP contribution in [0, 0.1) is 0 Å². The quantitative estimate of drug-likeness (QED) is 0.0708. The van der Waals surface area contributed by atoms with Crippen molar-refractivity contribution in [3.05, 3.63) is 65.7 Å². The van der Waals surface area contributed by atoms with Gasteiger partial charge in [-0.15, -0.1) is 0 Å². The van der Waals surface area contributed by atoms with E-state index in [2.05, 4.69) is 76.5 Å². The lowest BCUT2D eigenvalue weighted by molar-refractivity contribution is -0.903. The minimum absolute atomic E-state index is 0.160. The number of hydrogen-bond donors (Lipinski definition) is 0. The van der Waals surface area contributed by atoms with Crippen molar-refractivity contribution in [3.63, 3.8) is 0 Å². The molecule has 0 amide bonds. The maximum Gasteiger partial charge on any atom is 0.308 e. The fourth-order valence-electron chi connectivity index (χ4n) is 4.94. The van der Waals surface area contributed by atoms with Crippen LogP contribution in [0.25, 0.3) is 0 Å². The standard InChI is InChI=1S/C34H54NO3/c1-5-7-8-9-10-11-12-14-21-30-24-19-25-32(28-30)37-34(20-6-2)38-33(36)26-17-18-27-35(3,4)29-31-22-15-13-16-23-31/h13,15-16,19,22-25,28,34H,5-12,14,17-18,20-21,26-27,29H2,1-4H3/q+1. The van der Waals surface area contributed by atoms with Crippen molar-refractivity contribution < 1.29 is 18.8 Å². The van der Waals surface area contributed by atoms with Crippen molar-refractivity contribution in [3.8, 4) is 5.75 Å². The van der Waals surface area contributed by atoms with Gasteiger partial charge in [-0.3, -0.25) is 4.79 Å². The molecule has 0 N–H and O–H groups in total. The lowest BCUT2D eigenvalue weighted by Gasteiger charge is -2.30. The molecule has 1 atom stereocenters. The summed E-state index contributed by atoms with van der Waals surface area (Å²) in [6.07, 6.45) is 15.1. The predicted octanol–water partition coefficient (Wildman–Crippen LogP) is 8.86. The van der Waals surface area contributed by atoms with Crippen molar-refractivity contribution in [2.75, 3.05) is 20.6 Å². The Balaban J connectivity index is 1.69. The minimum Gasteiger partial charge on any atom is -0.455 e. The summed E-state index contributed by atoms with van der Waals surface area (Å²) in [5.41, 5.74) is 2.64. The summed E-state index contributed by atoms with van der Waals surface area (Å²) >= 11 is 0. The molecule has 0 aliphatic heterocycles. The Hall–Kier alpha value is -2.33. The molecule has 1 unspecified atom stereocenters. The number of quaternary nitrogens is 1.